The summed E-state index contributed by atoms with van der Waals surface area (Å²) in [4.78, 5) is 12.7. The molecular formula is C26H26N4O3S. The van der Waals surface area contributed by atoms with Crippen molar-refractivity contribution in [3.05, 3.63) is 84.7 Å². The summed E-state index contributed by atoms with van der Waals surface area (Å²) in [6, 6.07) is 25.2. The average molecular weight is 475 g/mol. The fraction of sp³-hybridized carbons (Fsp3) is 0.192. The maximum Gasteiger partial charge on any atom is 0.234 e. The van der Waals surface area contributed by atoms with E-state index in [-0.39, 0.29) is 18.3 Å². The molecule has 0 fully saturated rings. The van der Waals surface area contributed by atoms with E-state index in [9.17, 15) is 4.79 Å². The highest BCUT2D eigenvalue weighted by Gasteiger charge is 2.15. The predicted octanol–water partition coefficient (Wildman–Crippen LogP) is 5.28. The molecule has 0 saturated heterocycles. The molecule has 0 bridgehead atoms. The number of carbonyl (C=O) groups is 1. The fourth-order valence-electron chi connectivity index (χ4n) is 3.45. The highest BCUT2D eigenvalue weighted by Crippen LogP contribution is 2.28. The number of nitrogens with zero attached hydrogens (tertiary/aromatic N) is 3. The fourth-order valence-corrected chi connectivity index (χ4v) is 4.27. The first-order chi connectivity index (χ1) is 16.7. The van der Waals surface area contributed by atoms with E-state index in [4.69, 9.17) is 9.47 Å². The van der Waals surface area contributed by atoms with E-state index >= 15 is 0 Å². The first-order valence-electron chi connectivity index (χ1n) is 10.9. The van der Waals surface area contributed by atoms with E-state index in [0.29, 0.717) is 17.5 Å². The summed E-state index contributed by atoms with van der Waals surface area (Å²) in [7, 11) is 1.63. The van der Waals surface area contributed by atoms with E-state index < -0.39 is 0 Å². The predicted molar refractivity (Wildman–Crippen MR) is 134 cm³/mol. The highest BCUT2D eigenvalue weighted by molar-refractivity contribution is 7.99. The Balaban J connectivity index is 1.37. The third-order valence-corrected chi connectivity index (χ3v) is 6.12. The van der Waals surface area contributed by atoms with Crippen LogP contribution in [0.15, 0.2) is 84.0 Å². The van der Waals surface area contributed by atoms with Gasteiger partial charge in [-0.3, -0.25) is 4.79 Å². The van der Waals surface area contributed by atoms with Crippen molar-refractivity contribution in [1.29, 1.82) is 0 Å². The zero-order chi connectivity index (χ0) is 23.8. The van der Waals surface area contributed by atoms with Gasteiger partial charge < -0.3 is 19.4 Å². The summed E-state index contributed by atoms with van der Waals surface area (Å²) in [6.45, 7) is 2.97. The van der Waals surface area contributed by atoms with Crippen LogP contribution in [0.25, 0.3) is 11.1 Å². The minimum Gasteiger partial charge on any atom is -0.497 e. The maximum atomic E-state index is 12.7. The van der Waals surface area contributed by atoms with Gasteiger partial charge in [-0.25, -0.2) is 0 Å². The Morgan fingerprint density at radius 2 is 1.65 bits per heavy atom. The largest absolute Gasteiger partial charge is 0.497 e. The quantitative estimate of drug-likeness (QED) is 0.315. The van der Waals surface area contributed by atoms with E-state index in [2.05, 4.69) is 15.5 Å². The van der Waals surface area contributed by atoms with Gasteiger partial charge >= 0.3 is 0 Å². The van der Waals surface area contributed by atoms with Crippen molar-refractivity contribution in [2.75, 3.05) is 18.2 Å². The standard InChI is InChI=1S/C26H26N4O3S/c1-3-30-24(17-33-21-15-13-20(32-2)14-16-21)28-29-26(30)34-18-25(31)27-23-12-8-7-11-22(23)19-9-5-4-6-10-19/h4-16H,3,17-18H2,1-2H3,(H,27,31). The summed E-state index contributed by atoms with van der Waals surface area (Å²) in [5.74, 6) is 2.32. The van der Waals surface area contributed by atoms with Gasteiger partial charge in [-0.1, -0.05) is 60.3 Å². The Labute approximate surface area is 203 Å². The van der Waals surface area contributed by atoms with Gasteiger partial charge in [0.2, 0.25) is 5.91 Å². The number of hydrogen-bond donors (Lipinski definition) is 1. The van der Waals surface area contributed by atoms with Gasteiger partial charge in [0.05, 0.1) is 12.9 Å². The van der Waals surface area contributed by atoms with Gasteiger partial charge in [-0.2, -0.15) is 0 Å². The zero-order valence-corrected chi connectivity index (χ0v) is 19.9. The topological polar surface area (TPSA) is 78.3 Å². The Hall–Kier alpha value is -3.78. The molecule has 4 rings (SSSR count). The summed E-state index contributed by atoms with van der Waals surface area (Å²) >= 11 is 1.35. The first-order valence-corrected chi connectivity index (χ1v) is 11.9. The van der Waals surface area contributed by atoms with E-state index in [1.54, 1.807) is 7.11 Å². The van der Waals surface area contributed by atoms with Crippen molar-refractivity contribution >= 4 is 23.4 Å². The molecular weight excluding hydrogens is 448 g/mol. The second-order valence-corrected chi connectivity index (χ2v) is 8.30. The summed E-state index contributed by atoms with van der Waals surface area (Å²) in [5.41, 5.74) is 2.82. The third kappa shape index (κ3) is 5.77. The Morgan fingerprint density at radius 1 is 0.941 bits per heavy atom. The van der Waals surface area contributed by atoms with E-state index in [1.165, 1.54) is 11.8 Å². The number of amides is 1. The Bertz CT molecular complexity index is 1230. The number of thioether (sulfide) groups is 1. The highest BCUT2D eigenvalue weighted by atomic mass is 32.2. The van der Waals surface area contributed by atoms with Crippen LogP contribution in [0, 0.1) is 0 Å². The molecule has 174 valence electrons. The van der Waals surface area contributed by atoms with Gasteiger partial charge in [0, 0.05) is 17.8 Å². The van der Waals surface area contributed by atoms with Crippen LogP contribution in [-0.2, 0) is 17.9 Å². The van der Waals surface area contributed by atoms with E-state index in [1.807, 2.05) is 90.4 Å². The smallest absolute Gasteiger partial charge is 0.234 e. The zero-order valence-electron chi connectivity index (χ0n) is 19.1. The molecule has 1 N–H and O–H groups in total. The SMILES string of the molecule is CCn1c(COc2ccc(OC)cc2)nnc1SCC(=O)Nc1ccccc1-c1ccccc1. The van der Waals surface area contributed by atoms with Crippen LogP contribution in [0.5, 0.6) is 11.5 Å². The second-order valence-electron chi connectivity index (χ2n) is 7.36. The molecule has 34 heavy (non-hydrogen) atoms. The van der Waals surface area contributed by atoms with Gasteiger partial charge in [0.1, 0.15) is 18.1 Å². The Morgan fingerprint density at radius 3 is 2.38 bits per heavy atom. The lowest BCUT2D eigenvalue weighted by Crippen LogP contribution is -2.15. The minimum absolute atomic E-state index is 0.102. The molecule has 1 aromatic heterocycles. The molecule has 3 aromatic carbocycles. The van der Waals surface area contributed by atoms with Gasteiger partial charge in [-0.15, -0.1) is 10.2 Å². The number of hydrogen-bond acceptors (Lipinski definition) is 6. The van der Waals surface area contributed by atoms with E-state index in [0.717, 1.165) is 28.3 Å². The molecule has 4 aromatic rings. The number of benzene rings is 3. The summed E-state index contributed by atoms with van der Waals surface area (Å²) in [5, 5.41) is 12.2. The number of ether oxygens (including phenoxy) is 2. The van der Waals surface area contributed by atoms with Crippen LogP contribution >= 0.6 is 11.8 Å². The second kappa shape index (κ2) is 11.4. The van der Waals surface area contributed by atoms with Crippen molar-refractivity contribution in [2.45, 2.75) is 25.2 Å². The van der Waals surface area contributed by atoms with Crippen LogP contribution in [-0.4, -0.2) is 33.5 Å². The number of anilines is 1. The van der Waals surface area contributed by atoms with Crippen LogP contribution in [0.1, 0.15) is 12.7 Å². The molecule has 0 spiro atoms. The monoisotopic (exact) mass is 474 g/mol. The van der Waals surface area contributed by atoms with Gasteiger partial charge in [0.25, 0.3) is 0 Å². The molecule has 1 amide bonds. The average Bonchev–Trinajstić information content (AvgIpc) is 3.29. The van der Waals surface area contributed by atoms with Gasteiger partial charge in [-0.05, 0) is 42.8 Å². The molecule has 0 aliphatic carbocycles. The number of carbonyl (C=O) groups excluding carboxylic acids is 1. The normalized spacial score (nSPS) is 10.6. The van der Waals surface area contributed by atoms with Gasteiger partial charge in [0.15, 0.2) is 11.0 Å². The molecule has 7 nitrogen and oxygen atoms in total. The third-order valence-electron chi connectivity index (χ3n) is 5.16. The summed E-state index contributed by atoms with van der Waals surface area (Å²) < 4.78 is 13.0. The molecule has 0 radical (unpaired) electrons. The van der Waals surface area contributed by atoms with Crippen molar-refractivity contribution in [3.8, 4) is 22.6 Å². The molecule has 0 atom stereocenters. The lowest BCUT2D eigenvalue weighted by Gasteiger charge is -2.12. The van der Waals surface area contributed by atoms with Crippen molar-refractivity contribution in [2.24, 2.45) is 0 Å². The maximum absolute atomic E-state index is 12.7. The lowest BCUT2D eigenvalue weighted by molar-refractivity contribution is -0.113. The van der Waals surface area contributed by atoms with Crippen LogP contribution in [0.4, 0.5) is 5.69 Å². The molecule has 1 heterocycles. The minimum atomic E-state index is -0.102. The van der Waals surface area contributed by atoms with Crippen LogP contribution < -0.4 is 14.8 Å². The molecule has 8 heteroatoms. The number of rotatable bonds is 10. The molecule has 0 aliphatic heterocycles. The first kappa shape index (κ1) is 23.4. The Kier molecular flexibility index (Phi) is 7.83. The van der Waals surface area contributed by atoms with Crippen molar-refractivity contribution in [1.82, 2.24) is 14.8 Å². The lowest BCUT2D eigenvalue weighted by atomic mass is 10.0. The summed E-state index contributed by atoms with van der Waals surface area (Å²) in [6.07, 6.45) is 0. The van der Waals surface area contributed by atoms with Crippen molar-refractivity contribution < 1.29 is 14.3 Å². The number of methoxy groups -OCH3 is 1. The number of nitrogens with one attached hydrogen (secondary N) is 1. The molecule has 0 aliphatic rings. The van der Waals surface area contributed by atoms with Crippen LogP contribution in [0.3, 0.4) is 0 Å². The number of aromatic nitrogens is 3. The van der Waals surface area contributed by atoms with Crippen molar-refractivity contribution in [3.63, 3.8) is 0 Å². The number of para-hydroxylation sites is 1. The van der Waals surface area contributed by atoms with Crippen LogP contribution in [0.2, 0.25) is 0 Å². The molecule has 0 unspecified atom stereocenters. The molecule has 0 saturated carbocycles.